The van der Waals surface area contributed by atoms with Crippen LogP contribution in [0.15, 0.2) is 52.3 Å². The summed E-state index contributed by atoms with van der Waals surface area (Å²) in [5, 5.41) is 0.0929. The Bertz CT molecular complexity index is 976. The number of carbonyl (C=O) groups excluding carboxylic acids is 2. The molecular formula is C18H18ClNO6S2. The fourth-order valence-electron chi connectivity index (χ4n) is 2.31. The predicted molar refractivity (Wildman–Crippen MR) is 108 cm³/mol. The number of thioether (sulfide) groups is 1. The van der Waals surface area contributed by atoms with Gasteiger partial charge in [-0.25, -0.2) is 13.2 Å². The van der Waals surface area contributed by atoms with E-state index in [-0.39, 0.29) is 21.2 Å². The number of hydrogen-bond donors (Lipinski definition) is 0. The lowest BCUT2D eigenvalue weighted by Crippen LogP contribution is -2.36. The van der Waals surface area contributed by atoms with Crippen LogP contribution in [-0.2, 0) is 24.3 Å². The Hall–Kier alpha value is -2.23. The van der Waals surface area contributed by atoms with E-state index in [9.17, 15) is 18.0 Å². The van der Waals surface area contributed by atoms with Crippen LogP contribution in [-0.4, -0.2) is 47.4 Å². The zero-order chi connectivity index (χ0) is 20.9. The molecule has 2 aromatic rings. The van der Waals surface area contributed by atoms with Gasteiger partial charge in [0.05, 0.1) is 35.4 Å². The molecule has 0 spiro atoms. The van der Waals surface area contributed by atoms with Crippen LogP contribution in [0.1, 0.15) is 10.4 Å². The standard InChI is InChI=1S/C18H18ClNO6S2/c1-25-17(21)11-20(12-4-9-16(19)15(10-12)18(22)26-2)28(23,24)14-7-5-13(27-3)6-8-14/h4-10H,11H2,1-3H3. The number of halogens is 1. The number of esters is 2. The Morgan fingerprint density at radius 2 is 1.71 bits per heavy atom. The van der Waals surface area contributed by atoms with E-state index in [1.807, 2.05) is 6.26 Å². The number of nitrogens with zero attached hydrogens (tertiary/aromatic N) is 1. The van der Waals surface area contributed by atoms with Crippen molar-refractivity contribution in [1.82, 2.24) is 0 Å². The highest BCUT2D eigenvalue weighted by Gasteiger charge is 2.28. The number of methoxy groups -OCH3 is 2. The summed E-state index contributed by atoms with van der Waals surface area (Å²) in [5.41, 5.74) is 0.0496. The third-order valence-electron chi connectivity index (χ3n) is 3.79. The Labute approximate surface area is 172 Å². The Balaban J connectivity index is 2.58. The van der Waals surface area contributed by atoms with Crippen LogP contribution in [0.25, 0.3) is 0 Å². The number of anilines is 1. The second-order valence-corrected chi connectivity index (χ2v) is 8.57. The predicted octanol–water partition coefficient (Wildman–Crippen LogP) is 3.22. The molecule has 0 bridgehead atoms. The number of benzene rings is 2. The van der Waals surface area contributed by atoms with E-state index in [1.54, 1.807) is 12.1 Å². The third-order valence-corrected chi connectivity index (χ3v) is 6.65. The largest absolute Gasteiger partial charge is 0.468 e. The van der Waals surface area contributed by atoms with Crippen molar-refractivity contribution >= 4 is 51.0 Å². The number of ether oxygens (including phenoxy) is 2. The van der Waals surface area contributed by atoms with Gasteiger partial charge in [-0.15, -0.1) is 11.8 Å². The molecule has 150 valence electrons. The quantitative estimate of drug-likeness (QED) is 0.479. The van der Waals surface area contributed by atoms with Gasteiger partial charge in [-0.2, -0.15) is 0 Å². The molecule has 0 saturated carbocycles. The van der Waals surface area contributed by atoms with Gasteiger partial charge < -0.3 is 9.47 Å². The second kappa shape index (κ2) is 9.31. The van der Waals surface area contributed by atoms with Gasteiger partial charge in [-0.05, 0) is 48.7 Å². The minimum Gasteiger partial charge on any atom is -0.468 e. The van der Waals surface area contributed by atoms with Crippen LogP contribution >= 0.6 is 23.4 Å². The van der Waals surface area contributed by atoms with E-state index >= 15 is 0 Å². The van der Waals surface area contributed by atoms with Gasteiger partial charge in [-0.3, -0.25) is 9.10 Å². The summed E-state index contributed by atoms with van der Waals surface area (Å²) in [7, 11) is -1.78. The smallest absolute Gasteiger partial charge is 0.339 e. The fourth-order valence-corrected chi connectivity index (χ4v) is 4.31. The summed E-state index contributed by atoms with van der Waals surface area (Å²) in [6.07, 6.45) is 1.87. The molecule has 0 heterocycles. The average molecular weight is 444 g/mol. The molecule has 0 atom stereocenters. The highest BCUT2D eigenvalue weighted by Crippen LogP contribution is 2.29. The van der Waals surface area contributed by atoms with E-state index in [4.69, 9.17) is 11.6 Å². The van der Waals surface area contributed by atoms with Gasteiger partial charge >= 0.3 is 11.9 Å². The van der Waals surface area contributed by atoms with Gasteiger partial charge in [0, 0.05) is 4.90 Å². The van der Waals surface area contributed by atoms with Crippen molar-refractivity contribution in [2.75, 3.05) is 31.3 Å². The lowest BCUT2D eigenvalue weighted by atomic mass is 10.2. The molecule has 0 N–H and O–H groups in total. The summed E-state index contributed by atoms with van der Waals surface area (Å²) < 4.78 is 36.5. The highest BCUT2D eigenvalue weighted by molar-refractivity contribution is 7.98. The SMILES string of the molecule is COC(=O)CN(c1ccc(Cl)c(C(=O)OC)c1)S(=O)(=O)c1ccc(SC)cc1. The first kappa shape index (κ1) is 22.1. The summed E-state index contributed by atoms with van der Waals surface area (Å²) in [5.74, 6) is -1.49. The maximum absolute atomic E-state index is 13.2. The molecule has 10 heteroatoms. The van der Waals surface area contributed by atoms with Crippen molar-refractivity contribution in [3.05, 3.63) is 53.1 Å². The monoisotopic (exact) mass is 443 g/mol. The first-order valence-corrected chi connectivity index (χ1v) is 10.9. The van der Waals surface area contributed by atoms with E-state index in [0.29, 0.717) is 0 Å². The molecule has 0 aromatic heterocycles. The van der Waals surface area contributed by atoms with Crippen LogP contribution in [0, 0.1) is 0 Å². The minimum absolute atomic E-state index is 0.0104. The molecule has 0 amide bonds. The van der Waals surface area contributed by atoms with Crippen LogP contribution in [0.5, 0.6) is 0 Å². The lowest BCUT2D eigenvalue weighted by Gasteiger charge is -2.24. The summed E-state index contributed by atoms with van der Waals surface area (Å²) in [4.78, 5) is 24.7. The van der Waals surface area contributed by atoms with Gasteiger partial charge in [0.15, 0.2) is 0 Å². The van der Waals surface area contributed by atoms with Gasteiger partial charge in [0.25, 0.3) is 10.0 Å². The van der Waals surface area contributed by atoms with Crippen LogP contribution < -0.4 is 4.31 Å². The summed E-state index contributed by atoms with van der Waals surface area (Å²) in [6, 6.07) is 10.2. The van der Waals surface area contributed by atoms with Crippen LogP contribution in [0.3, 0.4) is 0 Å². The van der Waals surface area contributed by atoms with Crippen molar-refractivity contribution in [3.63, 3.8) is 0 Å². The zero-order valence-corrected chi connectivity index (χ0v) is 17.7. The molecule has 0 radical (unpaired) electrons. The van der Waals surface area contributed by atoms with E-state index < -0.39 is 28.5 Å². The maximum Gasteiger partial charge on any atom is 0.339 e. The molecule has 0 fully saturated rings. The highest BCUT2D eigenvalue weighted by atomic mass is 35.5. The fraction of sp³-hybridized carbons (Fsp3) is 0.222. The maximum atomic E-state index is 13.2. The van der Waals surface area contributed by atoms with Crippen molar-refractivity contribution in [3.8, 4) is 0 Å². The number of rotatable bonds is 7. The molecule has 0 aliphatic carbocycles. The van der Waals surface area contributed by atoms with Gasteiger partial charge in [0.2, 0.25) is 0 Å². The van der Waals surface area contributed by atoms with Crippen LogP contribution in [0.4, 0.5) is 5.69 Å². The van der Waals surface area contributed by atoms with Crippen LogP contribution in [0.2, 0.25) is 5.02 Å². The molecule has 2 rings (SSSR count). The number of hydrogen-bond acceptors (Lipinski definition) is 7. The molecule has 28 heavy (non-hydrogen) atoms. The van der Waals surface area contributed by atoms with Crippen molar-refractivity contribution in [2.24, 2.45) is 0 Å². The molecule has 0 unspecified atom stereocenters. The van der Waals surface area contributed by atoms with E-state index in [1.165, 1.54) is 49.2 Å². The molecule has 2 aromatic carbocycles. The second-order valence-electron chi connectivity index (χ2n) is 5.42. The zero-order valence-electron chi connectivity index (χ0n) is 15.3. The number of carbonyl (C=O) groups is 2. The lowest BCUT2D eigenvalue weighted by molar-refractivity contribution is -0.138. The number of sulfonamides is 1. The Morgan fingerprint density at radius 1 is 1.07 bits per heavy atom. The molecule has 0 saturated heterocycles. The first-order valence-electron chi connectivity index (χ1n) is 7.86. The van der Waals surface area contributed by atoms with Crippen molar-refractivity contribution < 1.29 is 27.5 Å². The minimum atomic E-state index is -4.12. The summed E-state index contributed by atoms with van der Waals surface area (Å²) >= 11 is 7.48. The Kier molecular flexibility index (Phi) is 7.34. The molecule has 0 aliphatic heterocycles. The first-order chi connectivity index (χ1) is 13.2. The topological polar surface area (TPSA) is 90.0 Å². The third kappa shape index (κ3) is 4.78. The summed E-state index contributed by atoms with van der Waals surface area (Å²) in [6.45, 7) is -0.578. The van der Waals surface area contributed by atoms with Crippen molar-refractivity contribution in [1.29, 1.82) is 0 Å². The molecular weight excluding hydrogens is 426 g/mol. The Morgan fingerprint density at radius 3 is 2.25 bits per heavy atom. The van der Waals surface area contributed by atoms with Crippen molar-refractivity contribution in [2.45, 2.75) is 9.79 Å². The normalized spacial score (nSPS) is 11.0. The van der Waals surface area contributed by atoms with E-state index in [2.05, 4.69) is 9.47 Å². The van der Waals surface area contributed by atoms with E-state index in [0.717, 1.165) is 16.3 Å². The average Bonchev–Trinajstić information content (AvgIpc) is 2.71. The molecule has 0 aliphatic rings. The van der Waals surface area contributed by atoms with Gasteiger partial charge in [0.1, 0.15) is 6.54 Å². The molecule has 7 nitrogen and oxygen atoms in total. The van der Waals surface area contributed by atoms with Gasteiger partial charge in [-0.1, -0.05) is 11.6 Å².